The lowest BCUT2D eigenvalue weighted by molar-refractivity contribution is 0.195. The van der Waals surface area contributed by atoms with Crippen molar-refractivity contribution >= 4 is 78.4 Å². The van der Waals surface area contributed by atoms with Crippen molar-refractivity contribution in [1.29, 1.82) is 0 Å². The Morgan fingerprint density at radius 2 is 1.14 bits per heavy atom. The minimum atomic E-state index is -0.0657. The first kappa shape index (κ1) is 39.4. The van der Waals surface area contributed by atoms with E-state index in [4.69, 9.17) is 0 Å². The van der Waals surface area contributed by atoms with E-state index in [1.54, 1.807) is 5.56 Å². The molecule has 4 heteroatoms. The number of anilines is 4. The van der Waals surface area contributed by atoms with E-state index in [9.17, 15) is 0 Å². The fraction of sp³-hybridized carbons (Fsp3) is 0.355. The summed E-state index contributed by atoms with van der Waals surface area (Å²) in [6.07, 6.45) is 11.3. The quantitative estimate of drug-likeness (QED) is 0.160. The molecule has 3 nitrogen and oxygen atoms in total. The predicted molar refractivity (Wildman–Crippen MR) is 283 cm³/mol. The van der Waals surface area contributed by atoms with Crippen LogP contribution in [0.25, 0.3) is 60.5 Å². The normalized spacial score (nSPS) is 21.7. The second kappa shape index (κ2) is 13.0. The molecule has 328 valence electrons. The van der Waals surface area contributed by atoms with E-state index >= 15 is 0 Å². The molecule has 2 fully saturated rings. The van der Waals surface area contributed by atoms with Gasteiger partial charge in [0, 0.05) is 45.0 Å². The number of fused-ring (bicyclic) bond motifs is 9. The second-order valence-electron chi connectivity index (χ2n) is 23.8. The third kappa shape index (κ3) is 4.91. The van der Waals surface area contributed by atoms with Crippen LogP contribution in [-0.4, -0.2) is 22.9 Å². The van der Waals surface area contributed by atoms with Gasteiger partial charge in [-0.3, -0.25) is 0 Å². The monoisotopic (exact) mass is 860 g/mol. The van der Waals surface area contributed by atoms with Gasteiger partial charge in [-0.2, -0.15) is 0 Å². The Kier molecular flexibility index (Phi) is 7.78. The third-order valence-corrected chi connectivity index (χ3v) is 18.3. The summed E-state index contributed by atoms with van der Waals surface area (Å²) in [5, 5.41) is 5.41. The summed E-state index contributed by atoms with van der Waals surface area (Å²) in [6.45, 7) is 19.9. The Hall–Kier alpha value is -5.74. The molecule has 2 saturated carbocycles. The van der Waals surface area contributed by atoms with Crippen molar-refractivity contribution in [3.8, 4) is 27.9 Å². The van der Waals surface area contributed by atoms with Crippen LogP contribution in [-0.2, 0) is 16.2 Å². The fourth-order valence-electron chi connectivity index (χ4n) is 14.7. The zero-order valence-electron chi connectivity index (χ0n) is 40.3. The minimum absolute atomic E-state index is 0.0220. The molecule has 6 aliphatic rings. The first-order valence-corrected chi connectivity index (χ1v) is 25.5. The van der Waals surface area contributed by atoms with Crippen molar-refractivity contribution in [3.05, 3.63) is 132 Å². The molecule has 3 aliphatic carbocycles. The van der Waals surface area contributed by atoms with E-state index < -0.39 is 0 Å². The third-order valence-electron chi connectivity index (χ3n) is 18.3. The van der Waals surface area contributed by atoms with Crippen LogP contribution in [0.4, 0.5) is 22.7 Å². The summed E-state index contributed by atoms with van der Waals surface area (Å²) in [5.41, 5.74) is 24.1. The molecule has 8 aromatic rings. The molecular formula is C62H62BN3. The zero-order chi connectivity index (χ0) is 44.8. The van der Waals surface area contributed by atoms with Gasteiger partial charge in [0.2, 0.25) is 0 Å². The molecule has 0 amide bonds. The van der Waals surface area contributed by atoms with Crippen molar-refractivity contribution in [2.45, 2.75) is 141 Å². The highest BCUT2D eigenvalue weighted by atomic mass is 15.3. The van der Waals surface area contributed by atoms with E-state index in [2.05, 4.69) is 185 Å². The molecule has 14 rings (SSSR count). The highest BCUT2D eigenvalue weighted by Crippen LogP contribution is 2.62. The highest BCUT2D eigenvalue weighted by molar-refractivity contribution is 7.00. The number of hydrogen-bond acceptors (Lipinski definition) is 2. The van der Waals surface area contributed by atoms with Crippen LogP contribution in [0.1, 0.15) is 130 Å². The molecule has 0 saturated heterocycles. The lowest BCUT2D eigenvalue weighted by atomic mass is 9.33. The van der Waals surface area contributed by atoms with E-state index in [-0.39, 0.29) is 28.5 Å². The topological polar surface area (TPSA) is 11.4 Å². The van der Waals surface area contributed by atoms with Crippen molar-refractivity contribution in [1.82, 2.24) is 4.57 Å². The molecule has 1 aromatic heterocycles. The Balaban J connectivity index is 1.13. The lowest BCUT2D eigenvalue weighted by Crippen LogP contribution is -2.65. The fourth-order valence-corrected chi connectivity index (χ4v) is 14.7. The molecule has 0 spiro atoms. The maximum absolute atomic E-state index is 2.96. The largest absolute Gasteiger partial charge is 0.339 e. The van der Waals surface area contributed by atoms with Crippen LogP contribution in [0.3, 0.4) is 0 Å². The number of benzene rings is 7. The Morgan fingerprint density at radius 3 is 1.79 bits per heavy atom. The Morgan fingerprint density at radius 1 is 0.545 bits per heavy atom. The van der Waals surface area contributed by atoms with Crippen molar-refractivity contribution < 1.29 is 0 Å². The SMILES string of the molecule is CC(C)(C)c1ccc2c(c1)B1c3cc(C(C)(C)C)cc4c3N(c3cc(-n5c6cccc7c6c6c(cccc65)-c5cccc6cccc-7c56)cc(c31)N2C1CCCCC1)C1(C)CCCCC41C. The van der Waals surface area contributed by atoms with Crippen molar-refractivity contribution in [2.75, 3.05) is 9.80 Å². The summed E-state index contributed by atoms with van der Waals surface area (Å²) in [6, 6.07) is 46.8. The van der Waals surface area contributed by atoms with Crippen LogP contribution in [0, 0.1) is 0 Å². The summed E-state index contributed by atoms with van der Waals surface area (Å²) >= 11 is 0. The van der Waals surface area contributed by atoms with Gasteiger partial charge in [-0.05, 0) is 140 Å². The molecule has 0 bridgehead atoms. The number of rotatable bonds is 2. The van der Waals surface area contributed by atoms with E-state index in [0.717, 1.165) is 0 Å². The summed E-state index contributed by atoms with van der Waals surface area (Å²) in [4.78, 5) is 5.85. The van der Waals surface area contributed by atoms with Gasteiger partial charge in [0.05, 0.1) is 22.3 Å². The molecule has 2 atom stereocenters. The first-order chi connectivity index (χ1) is 31.8. The van der Waals surface area contributed by atoms with Crippen LogP contribution in [0.2, 0.25) is 0 Å². The second-order valence-corrected chi connectivity index (χ2v) is 23.8. The van der Waals surface area contributed by atoms with Crippen LogP contribution in [0.15, 0.2) is 115 Å². The van der Waals surface area contributed by atoms with Gasteiger partial charge in [-0.1, -0.05) is 165 Å². The lowest BCUT2D eigenvalue weighted by Gasteiger charge is -2.53. The van der Waals surface area contributed by atoms with Gasteiger partial charge in [0.1, 0.15) is 0 Å². The van der Waals surface area contributed by atoms with Gasteiger partial charge in [0.25, 0.3) is 6.71 Å². The van der Waals surface area contributed by atoms with Crippen LogP contribution < -0.4 is 26.2 Å². The zero-order valence-corrected chi connectivity index (χ0v) is 40.3. The molecule has 0 N–H and O–H groups in total. The van der Waals surface area contributed by atoms with Gasteiger partial charge < -0.3 is 14.4 Å². The summed E-state index contributed by atoms with van der Waals surface area (Å²) in [7, 11) is 0. The summed E-state index contributed by atoms with van der Waals surface area (Å²) < 4.78 is 2.67. The minimum Gasteiger partial charge on any atom is -0.339 e. The summed E-state index contributed by atoms with van der Waals surface area (Å²) in [5.74, 6) is 0. The molecule has 66 heavy (non-hydrogen) atoms. The number of aromatic nitrogens is 1. The maximum atomic E-state index is 2.96. The van der Waals surface area contributed by atoms with Crippen LogP contribution in [0.5, 0.6) is 0 Å². The van der Waals surface area contributed by atoms with Gasteiger partial charge in [0.15, 0.2) is 0 Å². The van der Waals surface area contributed by atoms with Crippen molar-refractivity contribution in [3.63, 3.8) is 0 Å². The van der Waals surface area contributed by atoms with E-state index in [0.29, 0.717) is 6.04 Å². The van der Waals surface area contributed by atoms with Gasteiger partial charge in [-0.15, -0.1) is 0 Å². The van der Waals surface area contributed by atoms with Gasteiger partial charge >= 0.3 is 0 Å². The smallest absolute Gasteiger partial charge is 0.252 e. The van der Waals surface area contributed by atoms with Crippen molar-refractivity contribution in [2.24, 2.45) is 0 Å². The first-order valence-electron chi connectivity index (χ1n) is 25.5. The molecule has 3 aliphatic heterocycles. The predicted octanol–water partition coefficient (Wildman–Crippen LogP) is 14.5. The average molecular weight is 860 g/mol. The van der Waals surface area contributed by atoms with Gasteiger partial charge in [-0.25, -0.2) is 0 Å². The maximum Gasteiger partial charge on any atom is 0.252 e. The molecule has 2 unspecified atom stereocenters. The number of hydrogen-bond donors (Lipinski definition) is 0. The Bertz CT molecular complexity index is 3350. The van der Waals surface area contributed by atoms with E-state index in [1.807, 2.05) is 0 Å². The molecular weight excluding hydrogens is 798 g/mol. The average Bonchev–Trinajstić information content (AvgIpc) is 3.71. The van der Waals surface area contributed by atoms with E-state index in [1.165, 1.54) is 169 Å². The van der Waals surface area contributed by atoms with Crippen LogP contribution >= 0.6 is 0 Å². The highest BCUT2D eigenvalue weighted by Gasteiger charge is 2.62. The number of nitrogens with zero attached hydrogens (tertiary/aromatic N) is 3. The molecule has 7 aromatic carbocycles. The molecule has 0 radical (unpaired) electrons. The standard InChI is InChI=1S/C62H62BN3/c1-59(2,3)38-28-29-49-47(33-38)63-48-34-39(60(4,5)6)32-46-58(48)66(62(8)31-13-12-30-61(46,62)7)53-36-41(35-52(57(53)63)64(49)40-20-10-9-11-21-40)65-50-26-16-24-44-42-22-14-18-37-19-15-23-43(54(37)42)45-25-17-27-51(65)56(45)55(44)50/h14-19,22-29,32-36,40H,9-13,20-21,30-31H2,1-8H3. The molecule has 4 heterocycles. The Labute approximate surface area is 391 Å².